The van der Waals surface area contributed by atoms with E-state index in [0.717, 1.165) is 0 Å². The summed E-state index contributed by atoms with van der Waals surface area (Å²) in [7, 11) is -2.83. The second-order valence-corrected chi connectivity index (χ2v) is 7.71. The number of nitrogens with zero attached hydrogens (tertiary/aromatic N) is 1. The largest absolute Gasteiger partial charge is 0.495 e. The van der Waals surface area contributed by atoms with Crippen molar-refractivity contribution >= 4 is 15.7 Å². The normalized spacial score (nSPS) is 13.8. The van der Waals surface area contributed by atoms with Crippen molar-refractivity contribution in [1.82, 2.24) is 10.5 Å². The summed E-state index contributed by atoms with van der Waals surface area (Å²) in [6.07, 6.45) is 2.86. The van der Waals surface area contributed by atoms with E-state index in [4.69, 9.17) is 9.94 Å². The van der Waals surface area contributed by atoms with E-state index in [1.807, 2.05) is 0 Å². The number of sulfone groups is 1. The fourth-order valence-corrected chi connectivity index (χ4v) is 4.20. The van der Waals surface area contributed by atoms with E-state index in [9.17, 15) is 13.2 Å². The van der Waals surface area contributed by atoms with Crippen LogP contribution < -0.4 is 10.2 Å². The zero-order valence-electron chi connectivity index (χ0n) is 13.3. The molecule has 2 rings (SSSR count). The molecular weight excluding hydrogens is 332 g/mol. The van der Waals surface area contributed by atoms with Gasteiger partial charge in [-0.3, -0.25) is 15.0 Å². The lowest BCUT2D eigenvalue weighted by molar-refractivity contribution is -0.131. The molecule has 24 heavy (non-hydrogen) atoms. The molecule has 1 atom stereocenters. The van der Waals surface area contributed by atoms with Gasteiger partial charge >= 0.3 is 0 Å². The number of aromatic nitrogens is 1. The van der Waals surface area contributed by atoms with Gasteiger partial charge in [-0.2, -0.15) is 0 Å². The molecule has 0 saturated carbocycles. The molecule has 0 aliphatic rings. The first-order valence-electron chi connectivity index (χ1n) is 7.08. The summed E-state index contributed by atoms with van der Waals surface area (Å²) < 4.78 is 29.5. The topological polar surface area (TPSA) is 106 Å². The van der Waals surface area contributed by atoms with E-state index in [1.165, 1.54) is 43.9 Å². The van der Waals surface area contributed by atoms with Crippen molar-refractivity contribution in [2.45, 2.75) is 23.0 Å². The molecule has 0 saturated heterocycles. The average Bonchev–Trinajstić information content (AvgIpc) is 2.61. The number of para-hydroxylation sites is 1. The molecular formula is C16H18N2O5S. The lowest BCUT2D eigenvalue weighted by atomic mass is 10.0. The average molecular weight is 350 g/mol. The van der Waals surface area contributed by atoms with Crippen molar-refractivity contribution in [3.05, 3.63) is 54.4 Å². The molecule has 1 unspecified atom stereocenters. The summed E-state index contributed by atoms with van der Waals surface area (Å²) in [5.41, 5.74) is 2.00. The summed E-state index contributed by atoms with van der Waals surface area (Å²) in [5.74, 6) is -0.905. The van der Waals surface area contributed by atoms with Crippen LogP contribution in [0.2, 0.25) is 0 Å². The summed E-state index contributed by atoms with van der Waals surface area (Å²) in [6, 6.07) is 9.32. The maximum atomic E-state index is 13.2. The summed E-state index contributed by atoms with van der Waals surface area (Å²) >= 11 is 0. The Bertz CT molecular complexity index is 823. The smallest absolute Gasteiger partial charge is 0.265 e. The quantitative estimate of drug-likeness (QED) is 0.602. The molecule has 128 valence electrons. The van der Waals surface area contributed by atoms with Crippen LogP contribution in [0.3, 0.4) is 0 Å². The Hall–Kier alpha value is -2.45. The van der Waals surface area contributed by atoms with Crippen molar-refractivity contribution in [3.63, 3.8) is 0 Å². The van der Waals surface area contributed by atoms with Crippen LogP contribution >= 0.6 is 0 Å². The highest BCUT2D eigenvalue weighted by atomic mass is 32.2. The number of pyridine rings is 1. The minimum absolute atomic E-state index is 0.123. The molecule has 2 N–H and O–H groups in total. The number of benzene rings is 1. The zero-order chi connectivity index (χ0) is 17.8. The minimum Gasteiger partial charge on any atom is -0.495 e. The molecule has 0 aliphatic carbocycles. The van der Waals surface area contributed by atoms with E-state index in [-0.39, 0.29) is 17.1 Å². The van der Waals surface area contributed by atoms with Crippen LogP contribution in [0.15, 0.2) is 53.7 Å². The van der Waals surface area contributed by atoms with Gasteiger partial charge in [0.25, 0.3) is 5.91 Å². The molecule has 0 fully saturated rings. The van der Waals surface area contributed by atoms with Gasteiger partial charge in [0.15, 0.2) is 14.6 Å². The number of nitrogens with one attached hydrogen (secondary N) is 1. The van der Waals surface area contributed by atoms with Gasteiger partial charge in [-0.15, -0.1) is 0 Å². The van der Waals surface area contributed by atoms with Crippen LogP contribution in [0.1, 0.15) is 12.5 Å². The van der Waals surface area contributed by atoms with Gasteiger partial charge < -0.3 is 4.74 Å². The highest BCUT2D eigenvalue weighted by molar-refractivity contribution is 7.93. The number of ether oxygens (including phenoxy) is 1. The van der Waals surface area contributed by atoms with Gasteiger partial charge in [0.2, 0.25) is 0 Å². The van der Waals surface area contributed by atoms with Crippen LogP contribution in [-0.4, -0.2) is 36.4 Å². The maximum absolute atomic E-state index is 13.2. The minimum atomic E-state index is -4.18. The molecule has 0 spiro atoms. The molecule has 0 aliphatic heterocycles. The van der Waals surface area contributed by atoms with Gasteiger partial charge in [-0.1, -0.05) is 18.2 Å². The van der Waals surface area contributed by atoms with Crippen LogP contribution in [-0.2, 0) is 21.1 Å². The predicted molar refractivity (Wildman–Crippen MR) is 86.5 cm³/mol. The molecule has 1 heterocycles. The fourth-order valence-electron chi connectivity index (χ4n) is 2.39. The Labute approximate surface area is 140 Å². The molecule has 2 aromatic rings. The van der Waals surface area contributed by atoms with Crippen molar-refractivity contribution in [1.29, 1.82) is 0 Å². The Balaban J connectivity index is 2.60. The highest BCUT2D eigenvalue weighted by Crippen LogP contribution is 2.34. The van der Waals surface area contributed by atoms with Crippen molar-refractivity contribution < 1.29 is 23.2 Å². The molecule has 1 aromatic carbocycles. The number of carbonyl (C=O) groups is 1. The third kappa shape index (κ3) is 3.10. The van der Waals surface area contributed by atoms with Crippen LogP contribution in [0.4, 0.5) is 0 Å². The first kappa shape index (κ1) is 17.9. The van der Waals surface area contributed by atoms with E-state index < -0.39 is 20.5 Å². The Kier molecular flexibility index (Phi) is 5.20. The van der Waals surface area contributed by atoms with E-state index in [0.29, 0.717) is 5.56 Å². The highest BCUT2D eigenvalue weighted by Gasteiger charge is 2.48. The third-order valence-electron chi connectivity index (χ3n) is 3.80. The molecule has 8 heteroatoms. The Morgan fingerprint density at radius 3 is 2.58 bits per heavy atom. The number of hydroxylamine groups is 1. The van der Waals surface area contributed by atoms with Crippen molar-refractivity contribution in [2.24, 2.45) is 0 Å². The number of carbonyl (C=O) groups excluding carboxylic acids is 1. The SMILES string of the molecule is COc1ccccc1S(=O)(=O)C(C)(Cc1cccnc1)C(=O)NO. The molecule has 1 aromatic heterocycles. The number of hydrogen-bond acceptors (Lipinski definition) is 6. The Morgan fingerprint density at radius 1 is 1.29 bits per heavy atom. The van der Waals surface area contributed by atoms with Crippen molar-refractivity contribution in [2.75, 3.05) is 7.11 Å². The number of methoxy groups -OCH3 is 1. The number of hydrogen-bond donors (Lipinski definition) is 2. The zero-order valence-corrected chi connectivity index (χ0v) is 14.1. The summed E-state index contributed by atoms with van der Waals surface area (Å²) in [6.45, 7) is 1.26. The number of rotatable bonds is 6. The van der Waals surface area contributed by atoms with E-state index in [1.54, 1.807) is 24.4 Å². The van der Waals surface area contributed by atoms with Gasteiger partial charge in [0, 0.05) is 18.8 Å². The second-order valence-electron chi connectivity index (χ2n) is 5.36. The van der Waals surface area contributed by atoms with Gasteiger partial charge in [0.05, 0.1) is 7.11 Å². The first-order valence-corrected chi connectivity index (χ1v) is 8.56. The van der Waals surface area contributed by atoms with Crippen LogP contribution in [0.25, 0.3) is 0 Å². The molecule has 7 nitrogen and oxygen atoms in total. The lowest BCUT2D eigenvalue weighted by Gasteiger charge is -2.27. The summed E-state index contributed by atoms with van der Waals surface area (Å²) in [4.78, 5) is 16.1. The third-order valence-corrected chi connectivity index (χ3v) is 6.23. The van der Waals surface area contributed by atoms with E-state index >= 15 is 0 Å². The van der Waals surface area contributed by atoms with E-state index in [2.05, 4.69) is 4.98 Å². The first-order chi connectivity index (χ1) is 11.4. The second kappa shape index (κ2) is 6.98. The fraction of sp³-hybridized carbons (Fsp3) is 0.250. The molecule has 0 bridgehead atoms. The van der Waals surface area contributed by atoms with Gasteiger partial charge in [-0.25, -0.2) is 13.9 Å². The molecule has 1 amide bonds. The Morgan fingerprint density at radius 2 is 2.00 bits per heavy atom. The summed E-state index contributed by atoms with van der Waals surface area (Å²) in [5, 5.41) is 9.07. The monoisotopic (exact) mass is 350 g/mol. The predicted octanol–water partition coefficient (Wildman–Crippen LogP) is 1.37. The van der Waals surface area contributed by atoms with Gasteiger partial charge in [-0.05, 0) is 30.7 Å². The molecule has 0 radical (unpaired) electrons. The van der Waals surface area contributed by atoms with Crippen molar-refractivity contribution in [3.8, 4) is 5.75 Å². The number of amides is 1. The lowest BCUT2D eigenvalue weighted by Crippen LogP contribution is -2.51. The van der Waals surface area contributed by atoms with Gasteiger partial charge in [0.1, 0.15) is 10.6 Å². The maximum Gasteiger partial charge on any atom is 0.265 e. The van der Waals surface area contributed by atoms with Crippen LogP contribution in [0, 0.1) is 0 Å². The van der Waals surface area contributed by atoms with Crippen LogP contribution in [0.5, 0.6) is 5.75 Å². The standard InChI is InChI=1S/C16H18N2O5S/c1-16(15(19)18-20,10-12-6-5-9-17-11-12)24(21,22)14-8-4-3-7-13(14)23-2/h3-9,11,20H,10H2,1-2H3,(H,18,19).